The Hall–Kier alpha value is -1.06. The van der Waals surface area contributed by atoms with Gasteiger partial charge < -0.3 is 20.1 Å². The molecule has 154 valence electrons. The number of hydrogen-bond acceptors (Lipinski definition) is 4. The van der Waals surface area contributed by atoms with E-state index in [-0.39, 0.29) is 24.0 Å². The molecule has 0 radical (unpaired) electrons. The van der Waals surface area contributed by atoms with Crippen LogP contribution in [0.25, 0.3) is 0 Å². The van der Waals surface area contributed by atoms with Gasteiger partial charge in [-0.15, -0.1) is 24.0 Å². The van der Waals surface area contributed by atoms with Crippen molar-refractivity contribution >= 4 is 29.9 Å². The van der Waals surface area contributed by atoms with Crippen LogP contribution < -0.4 is 15.4 Å². The van der Waals surface area contributed by atoms with Crippen molar-refractivity contribution in [3.8, 4) is 5.75 Å². The fourth-order valence-corrected chi connectivity index (χ4v) is 3.22. The summed E-state index contributed by atoms with van der Waals surface area (Å²) in [6.07, 6.45) is 1.75. The molecule has 2 unspecified atom stereocenters. The Kier molecular flexibility index (Phi) is 11.7. The molecule has 2 atom stereocenters. The highest BCUT2D eigenvalue weighted by molar-refractivity contribution is 14.0. The number of aliphatic imine (C=N–C) groups is 1. The van der Waals surface area contributed by atoms with E-state index in [9.17, 15) is 0 Å². The lowest BCUT2D eigenvalue weighted by Gasteiger charge is -2.35. The number of benzene rings is 1. The second-order valence-electron chi connectivity index (χ2n) is 6.84. The topological polar surface area (TPSA) is 58.1 Å². The van der Waals surface area contributed by atoms with E-state index in [1.54, 1.807) is 7.11 Å². The van der Waals surface area contributed by atoms with Crippen LogP contribution in [-0.4, -0.2) is 62.9 Å². The van der Waals surface area contributed by atoms with Crippen molar-refractivity contribution in [1.82, 2.24) is 15.5 Å². The van der Waals surface area contributed by atoms with Gasteiger partial charge in [0.05, 0.1) is 25.9 Å². The number of halogens is 1. The maximum Gasteiger partial charge on any atom is 0.191 e. The fourth-order valence-electron chi connectivity index (χ4n) is 3.22. The lowest BCUT2D eigenvalue weighted by atomic mass is 10.2. The molecule has 7 heteroatoms. The van der Waals surface area contributed by atoms with Gasteiger partial charge in [0, 0.05) is 32.7 Å². The molecule has 1 aromatic rings. The highest BCUT2D eigenvalue weighted by Gasteiger charge is 2.21. The monoisotopic (exact) mass is 490 g/mol. The van der Waals surface area contributed by atoms with E-state index in [2.05, 4.69) is 41.3 Å². The van der Waals surface area contributed by atoms with Gasteiger partial charge in [0.1, 0.15) is 5.75 Å². The summed E-state index contributed by atoms with van der Waals surface area (Å²) in [5.74, 6) is 1.74. The van der Waals surface area contributed by atoms with Gasteiger partial charge in [-0.25, -0.2) is 4.99 Å². The van der Waals surface area contributed by atoms with Gasteiger partial charge in [0.15, 0.2) is 5.96 Å². The van der Waals surface area contributed by atoms with E-state index in [0.29, 0.717) is 18.8 Å². The van der Waals surface area contributed by atoms with Crippen LogP contribution in [0.15, 0.2) is 29.3 Å². The first-order valence-electron chi connectivity index (χ1n) is 9.63. The largest absolute Gasteiger partial charge is 0.497 e. The maximum atomic E-state index is 5.79. The van der Waals surface area contributed by atoms with Gasteiger partial charge in [0.2, 0.25) is 0 Å². The van der Waals surface area contributed by atoms with Crippen LogP contribution in [0.4, 0.5) is 0 Å². The molecule has 0 aromatic heterocycles. The first-order chi connectivity index (χ1) is 12.6. The van der Waals surface area contributed by atoms with Crippen LogP contribution in [0.3, 0.4) is 0 Å². The summed E-state index contributed by atoms with van der Waals surface area (Å²) in [4.78, 5) is 7.16. The highest BCUT2D eigenvalue weighted by Crippen LogP contribution is 2.12. The lowest BCUT2D eigenvalue weighted by molar-refractivity contribution is -0.0679. The molecular weight excluding hydrogens is 455 g/mol. The predicted molar refractivity (Wildman–Crippen MR) is 122 cm³/mol. The van der Waals surface area contributed by atoms with Crippen molar-refractivity contribution in [2.24, 2.45) is 4.99 Å². The van der Waals surface area contributed by atoms with Crippen molar-refractivity contribution in [2.45, 2.75) is 45.9 Å². The Labute approximate surface area is 181 Å². The maximum absolute atomic E-state index is 5.79. The number of hydrogen-bond donors (Lipinski definition) is 2. The third-order valence-corrected chi connectivity index (χ3v) is 4.36. The standard InChI is InChI=1S/C20H34N4O2.HI/c1-5-21-20(23-13-18-7-9-19(25-4)10-8-18)22-11-6-12-24-14-16(2)26-17(3)15-24;/h7-10,16-17H,5-6,11-15H2,1-4H3,(H2,21,22,23);1H. The number of rotatable bonds is 8. The third-order valence-electron chi connectivity index (χ3n) is 4.36. The number of morpholine rings is 1. The number of nitrogens with one attached hydrogen (secondary N) is 2. The zero-order chi connectivity index (χ0) is 18.8. The summed E-state index contributed by atoms with van der Waals surface area (Å²) < 4.78 is 11.0. The number of guanidine groups is 1. The van der Waals surface area contributed by atoms with Crippen LogP contribution in [0.5, 0.6) is 5.75 Å². The molecule has 1 saturated heterocycles. The van der Waals surface area contributed by atoms with E-state index in [1.807, 2.05) is 24.3 Å². The first-order valence-corrected chi connectivity index (χ1v) is 9.63. The summed E-state index contributed by atoms with van der Waals surface area (Å²) in [6.45, 7) is 11.9. The highest BCUT2D eigenvalue weighted by atomic mass is 127. The minimum Gasteiger partial charge on any atom is -0.497 e. The van der Waals surface area contributed by atoms with Gasteiger partial charge in [-0.05, 0) is 44.9 Å². The van der Waals surface area contributed by atoms with E-state index in [1.165, 1.54) is 5.56 Å². The summed E-state index contributed by atoms with van der Waals surface area (Å²) in [7, 11) is 1.68. The first kappa shape index (κ1) is 24.0. The summed E-state index contributed by atoms with van der Waals surface area (Å²) >= 11 is 0. The van der Waals surface area contributed by atoms with Crippen molar-refractivity contribution in [2.75, 3.05) is 39.8 Å². The second kappa shape index (κ2) is 13.2. The van der Waals surface area contributed by atoms with E-state index in [4.69, 9.17) is 9.47 Å². The molecule has 1 aliphatic rings. The molecule has 1 aromatic carbocycles. The lowest BCUT2D eigenvalue weighted by Crippen LogP contribution is -2.46. The van der Waals surface area contributed by atoms with Gasteiger partial charge in [-0.3, -0.25) is 4.90 Å². The van der Waals surface area contributed by atoms with Gasteiger partial charge in [0.25, 0.3) is 0 Å². The van der Waals surface area contributed by atoms with Crippen molar-refractivity contribution in [3.05, 3.63) is 29.8 Å². The van der Waals surface area contributed by atoms with Crippen LogP contribution in [-0.2, 0) is 11.3 Å². The third kappa shape index (κ3) is 9.12. The fraction of sp³-hybridized carbons (Fsp3) is 0.650. The Morgan fingerprint density at radius 3 is 2.44 bits per heavy atom. The van der Waals surface area contributed by atoms with Crippen LogP contribution in [0.1, 0.15) is 32.8 Å². The minimum absolute atomic E-state index is 0. The molecule has 27 heavy (non-hydrogen) atoms. The Morgan fingerprint density at radius 1 is 1.19 bits per heavy atom. The molecule has 1 fully saturated rings. The average Bonchev–Trinajstić information content (AvgIpc) is 2.62. The molecule has 0 amide bonds. The molecule has 0 saturated carbocycles. The zero-order valence-electron chi connectivity index (χ0n) is 17.0. The van der Waals surface area contributed by atoms with Crippen molar-refractivity contribution < 1.29 is 9.47 Å². The molecule has 0 spiro atoms. The molecule has 2 N–H and O–H groups in total. The summed E-state index contributed by atoms with van der Waals surface area (Å²) in [5.41, 5.74) is 1.17. The predicted octanol–water partition coefficient (Wildman–Crippen LogP) is 2.87. The van der Waals surface area contributed by atoms with Crippen LogP contribution >= 0.6 is 24.0 Å². The number of ether oxygens (including phenoxy) is 2. The zero-order valence-corrected chi connectivity index (χ0v) is 19.4. The molecule has 0 aliphatic carbocycles. The Bertz CT molecular complexity index is 543. The van der Waals surface area contributed by atoms with E-state index >= 15 is 0 Å². The van der Waals surface area contributed by atoms with Crippen molar-refractivity contribution in [3.63, 3.8) is 0 Å². The Balaban J connectivity index is 0.00000364. The quantitative estimate of drug-likeness (QED) is 0.254. The SMILES string of the molecule is CCNC(=NCc1ccc(OC)cc1)NCCCN1CC(C)OC(C)C1.I. The normalized spacial score (nSPS) is 20.7. The molecule has 1 heterocycles. The molecule has 1 aliphatic heterocycles. The Morgan fingerprint density at radius 2 is 1.85 bits per heavy atom. The van der Waals surface area contributed by atoms with Gasteiger partial charge in [-0.2, -0.15) is 0 Å². The summed E-state index contributed by atoms with van der Waals surface area (Å²) in [5, 5.41) is 6.74. The van der Waals surface area contributed by atoms with E-state index < -0.39 is 0 Å². The molecule has 0 bridgehead atoms. The number of nitrogens with zero attached hydrogens (tertiary/aromatic N) is 2. The minimum atomic E-state index is 0. The van der Waals surface area contributed by atoms with E-state index in [0.717, 1.165) is 50.9 Å². The number of methoxy groups -OCH3 is 1. The van der Waals surface area contributed by atoms with Gasteiger partial charge in [-0.1, -0.05) is 12.1 Å². The van der Waals surface area contributed by atoms with Gasteiger partial charge >= 0.3 is 0 Å². The summed E-state index contributed by atoms with van der Waals surface area (Å²) in [6, 6.07) is 8.03. The van der Waals surface area contributed by atoms with Crippen LogP contribution in [0.2, 0.25) is 0 Å². The molecular formula is C20H35IN4O2. The second-order valence-corrected chi connectivity index (χ2v) is 6.84. The average molecular weight is 490 g/mol. The molecule has 2 rings (SSSR count). The molecule has 6 nitrogen and oxygen atoms in total. The smallest absolute Gasteiger partial charge is 0.191 e. The van der Waals surface area contributed by atoms with Crippen molar-refractivity contribution in [1.29, 1.82) is 0 Å². The van der Waals surface area contributed by atoms with Crippen LogP contribution in [0, 0.1) is 0 Å².